The van der Waals surface area contributed by atoms with Crippen LogP contribution in [0.15, 0.2) is 23.8 Å². The van der Waals surface area contributed by atoms with Crippen LogP contribution in [0, 0.1) is 28.6 Å². The van der Waals surface area contributed by atoms with Crippen molar-refractivity contribution in [3.63, 3.8) is 0 Å². The molecule has 0 fully saturated rings. The Morgan fingerprint density at radius 2 is 2.20 bits per heavy atom. The Morgan fingerprint density at radius 3 is 2.67 bits per heavy atom. The number of allylic oxidation sites excluding steroid dienone is 2. The van der Waals surface area contributed by atoms with Crippen molar-refractivity contribution in [3.05, 3.63) is 23.8 Å². The monoisotopic (exact) mass is 203 g/mol. The highest BCUT2D eigenvalue weighted by atomic mass is 16.3. The van der Waals surface area contributed by atoms with Crippen molar-refractivity contribution in [3.8, 4) is 12.1 Å². The average Bonchev–Trinajstić information content (AvgIpc) is 2.16. The van der Waals surface area contributed by atoms with E-state index in [-0.39, 0.29) is 11.6 Å². The van der Waals surface area contributed by atoms with Gasteiger partial charge >= 0.3 is 0 Å². The van der Waals surface area contributed by atoms with Crippen molar-refractivity contribution in [2.24, 2.45) is 5.92 Å². The SMILES string of the molecule is CC(C)NC1(O)C(C#N)=CC=CC1C#N. The van der Waals surface area contributed by atoms with E-state index in [1.54, 1.807) is 12.2 Å². The zero-order valence-corrected chi connectivity index (χ0v) is 8.73. The molecule has 0 radical (unpaired) electrons. The van der Waals surface area contributed by atoms with Gasteiger partial charge in [-0.1, -0.05) is 12.2 Å². The standard InChI is InChI=1S/C11H13N3O/c1-8(2)14-11(15)9(6-12)4-3-5-10(11)7-13/h3-5,8-9,14-15H,1-2H3. The quantitative estimate of drug-likeness (QED) is 0.651. The normalized spacial score (nSPS) is 29.5. The van der Waals surface area contributed by atoms with Crippen LogP contribution in [0.3, 0.4) is 0 Å². The third-order valence-corrected chi connectivity index (χ3v) is 2.20. The highest BCUT2D eigenvalue weighted by Crippen LogP contribution is 2.28. The maximum atomic E-state index is 10.3. The summed E-state index contributed by atoms with van der Waals surface area (Å²) in [4.78, 5) is 0. The van der Waals surface area contributed by atoms with Gasteiger partial charge in [-0.3, -0.25) is 5.32 Å². The Kier molecular flexibility index (Phi) is 3.26. The first-order chi connectivity index (χ1) is 7.04. The molecule has 0 bridgehead atoms. The first kappa shape index (κ1) is 11.5. The number of aliphatic hydroxyl groups is 1. The fourth-order valence-corrected chi connectivity index (χ4v) is 1.56. The molecule has 4 heteroatoms. The van der Waals surface area contributed by atoms with Crippen molar-refractivity contribution in [2.75, 3.05) is 0 Å². The van der Waals surface area contributed by atoms with Gasteiger partial charge in [0, 0.05) is 6.04 Å². The molecule has 0 spiro atoms. The van der Waals surface area contributed by atoms with Gasteiger partial charge in [0.2, 0.25) is 0 Å². The molecule has 0 amide bonds. The van der Waals surface area contributed by atoms with Gasteiger partial charge in [-0.25, -0.2) is 0 Å². The molecule has 15 heavy (non-hydrogen) atoms. The van der Waals surface area contributed by atoms with Gasteiger partial charge in [0.05, 0.1) is 17.7 Å². The Labute approximate surface area is 89.1 Å². The van der Waals surface area contributed by atoms with Gasteiger partial charge in [-0.15, -0.1) is 0 Å². The largest absolute Gasteiger partial charge is 0.369 e. The summed E-state index contributed by atoms with van der Waals surface area (Å²) in [5.74, 6) is -0.737. The van der Waals surface area contributed by atoms with E-state index < -0.39 is 11.6 Å². The summed E-state index contributed by atoms with van der Waals surface area (Å²) in [6, 6.07) is 3.86. The predicted octanol–water partition coefficient (Wildman–Crippen LogP) is 0.833. The lowest BCUT2D eigenvalue weighted by Crippen LogP contribution is -2.55. The number of nitrogens with one attached hydrogen (secondary N) is 1. The Morgan fingerprint density at radius 1 is 1.53 bits per heavy atom. The summed E-state index contributed by atoms with van der Waals surface area (Å²) in [5.41, 5.74) is -1.39. The first-order valence-corrected chi connectivity index (χ1v) is 4.73. The van der Waals surface area contributed by atoms with E-state index in [9.17, 15) is 5.11 Å². The van der Waals surface area contributed by atoms with Gasteiger partial charge in [0.15, 0.2) is 5.72 Å². The van der Waals surface area contributed by atoms with Crippen molar-refractivity contribution in [1.29, 1.82) is 10.5 Å². The van der Waals surface area contributed by atoms with Crippen LogP contribution in [0.5, 0.6) is 0 Å². The lowest BCUT2D eigenvalue weighted by molar-refractivity contribution is 0.0152. The average molecular weight is 203 g/mol. The Bertz CT molecular complexity index is 384. The van der Waals surface area contributed by atoms with E-state index >= 15 is 0 Å². The maximum Gasteiger partial charge on any atom is 0.171 e. The molecule has 2 atom stereocenters. The van der Waals surface area contributed by atoms with Gasteiger partial charge in [-0.05, 0) is 19.9 Å². The third kappa shape index (κ3) is 2.07. The summed E-state index contributed by atoms with van der Waals surface area (Å²) >= 11 is 0. The molecule has 2 N–H and O–H groups in total. The lowest BCUT2D eigenvalue weighted by Gasteiger charge is -2.34. The van der Waals surface area contributed by atoms with Crippen molar-refractivity contribution >= 4 is 0 Å². The minimum Gasteiger partial charge on any atom is -0.369 e. The first-order valence-electron chi connectivity index (χ1n) is 4.73. The predicted molar refractivity (Wildman–Crippen MR) is 55.2 cm³/mol. The summed E-state index contributed by atoms with van der Waals surface area (Å²) in [7, 11) is 0. The van der Waals surface area contributed by atoms with Crippen LogP contribution in [-0.4, -0.2) is 16.9 Å². The second-order valence-electron chi connectivity index (χ2n) is 3.75. The minimum atomic E-state index is -1.56. The van der Waals surface area contributed by atoms with Crippen molar-refractivity contribution in [2.45, 2.75) is 25.6 Å². The molecule has 0 aromatic heterocycles. The van der Waals surface area contributed by atoms with Crippen molar-refractivity contribution in [1.82, 2.24) is 5.32 Å². The van der Waals surface area contributed by atoms with Gasteiger partial charge in [-0.2, -0.15) is 10.5 Å². The fraction of sp³-hybridized carbons (Fsp3) is 0.455. The number of hydrogen-bond acceptors (Lipinski definition) is 4. The van der Waals surface area contributed by atoms with E-state index in [2.05, 4.69) is 5.32 Å². The number of rotatable bonds is 2. The summed E-state index contributed by atoms with van der Waals surface area (Å²) < 4.78 is 0. The van der Waals surface area contributed by atoms with Crippen LogP contribution in [0.4, 0.5) is 0 Å². The van der Waals surface area contributed by atoms with Crippen LogP contribution >= 0.6 is 0 Å². The highest BCUT2D eigenvalue weighted by molar-refractivity contribution is 5.41. The molecule has 1 aliphatic rings. The molecule has 0 saturated carbocycles. The van der Waals surface area contributed by atoms with E-state index in [4.69, 9.17) is 10.5 Å². The van der Waals surface area contributed by atoms with E-state index in [1.807, 2.05) is 26.0 Å². The maximum absolute atomic E-state index is 10.3. The molecule has 1 aliphatic carbocycles. The molecule has 1 rings (SSSR count). The Balaban J connectivity index is 3.10. The zero-order chi connectivity index (χ0) is 11.5. The molecule has 0 saturated heterocycles. The molecule has 0 aromatic carbocycles. The molecule has 0 aliphatic heterocycles. The van der Waals surface area contributed by atoms with Crippen molar-refractivity contribution < 1.29 is 5.11 Å². The molecule has 4 nitrogen and oxygen atoms in total. The van der Waals surface area contributed by atoms with E-state index in [0.29, 0.717) is 0 Å². The van der Waals surface area contributed by atoms with Crippen LogP contribution in [0.25, 0.3) is 0 Å². The molecule has 2 unspecified atom stereocenters. The van der Waals surface area contributed by atoms with Crippen LogP contribution in [0.1, 0.15) is 13.8 Å². The van der Waals surface area contributed by atoms with Crippen LogP contribution < -0.4 is 5.32 Å². The van der Waals surface area contributed by atoms with Gasteiger partial charge in [0.25, 0.3) is 0 Å². The topological polar surface area (TPSA) is 79.8 Å². The van der Waals surface area contributed by atoms with Gasteiger partial charge < -0.3 is 5.11 Å². The number of nitrogens with zero attached hydrogens (tertiary/aromatic N) is 2. The third-order valence-electron chi connectivity index (χ3n) is 2.20. The summed E-state index contributed by atoms with van der Waals surface area (Å²) in [6.07, 6.45) is 4.71. The second-order valence-corrected chi connectivity index (χ2v) is 3.75. The van der Waals surface area contributed by atoms with E-state index in [1.165, 1.54) is 6.08 Å². The molecule has 0 heterocycles. The molecular weight excluding hydrogens is 190 g/mol. The minimum absolute atomic E-state index is 0.0194. The molecular formula is C11H13N3O. The van der Waals surface area contributed by atoms with E-state index in [0.717, 1.165) is 0 Å². The zero-order valence-electron chi connectivity index (χ0n) is 8.73. The number of nitriles is 2. The summed E-state index contributed by atoms with van der Waals surface area (Å²) in [6.45, 7) is 3.69. The molecule has 78 valence electrons. The Hall–Kier alpha value is -1.62. The highest BCUT2D eigenvalue weighted by Gasteiger charge is 2.41. The van der Waals surface area contributed by atoms with Crippen LogP contribution in [0.2, 0.25) is 0 Å². The van der Waals surface area contributed by atoms with Crippen LogP contribution in [-0.2, 0) is 0 Å². The number of hydrogen-bond donors (Lipinski definition) is 2. The lowest BCUT2D eigenvalue weighted by atomic mass is 9.85. The summed E-state index contributed by atoms with van der Waals surface area (Å²) in [5, 5.41) is 30.9. The fourth-order valence-electron chi connectivity index (χ4n) is 1.56. The second kappa shape index (κ2) is 4.27. The van der Waals surface area contributed by atoms with Gasteiger partial charge in [0.1, 0.15) is 5.92 Å². The molecule has 0 aromatic rings. The smallest absolute Gasteiger partial charge is 0.171 e.